The third kappa shape index (κ3) is 3.81. The number of alkyl halides is 3. The zero-order valence-electron chi connectivity index (χ0n) is 14.8. The van der Waals surface area contributed by atoms with Crippen molar-refractivity contribution in [2.75, 3.05) is 19.7 Å². The van der Waals surface area contributed by atoms with Gasteiger partial charge in [0.1, 0.15) is 5.69 Å². The zero-order valence-corrected chi connectivity index (χ0v) is 14.8. The summed E-state index contributed by atoms with van der Waals surface area (Å²) in [4.78, 5) is 9.85. The van der Waals surface area contributed by atoms with E-state index in [1.165, 1.54) is 6.20 Å². The quantitative estimate of drug-likeness (QED) is 0.701. The fourth-order valence-electron chi connectivity index (χ4n) is 3.38. The summed E-state index contributed by atoms with van der Waals surface area (Å²) in [5.41, 5.74) is 2.73. The molecule has 142 valence electrons. The molecule has 1 fully saturated rings. The van der Waals surface area contributed by atoms with E-state index < -0.39 is 11.9 Å². The number of ether oxygens (including phenoxy) is 1. The van der Waals surface area contributed by atoms with E-state index in [1.54, 1.807) is 12.4 Å². The van der Waals surface area contributed by atoms with Crippen LogP contribution in [0.4, 0.5) is 13.2 Å². The minimum absolute atomic E-state index is 0.123. The number of hydrogen-bond donors (Lipinski definition) is 0. The minimum Gasteiger partial charge on any atom is -0.371 e. The molecule has 3 aromatic rings. The van der Waals surface area contributed by atoms with Crippen molar-refractivity contribution >= 4 is 11.0 Å². The zero-order chi connectivity index (χ0) is 19.0. The second kappa shape index (κ2) is 6.94. The number of nitrogens with zero attached hydrogens (tertiary/aromatic N) is 4. The molecule has 8 heteroatoms. The van der Waals surface area contributed by atoms with Crippen LogP contribution in [0.3, 0.4) is 0 Å². The highest BCUT2D eigenvalue weighted by Gasteiger charge is 2.32. The molecule has 0 radical (unpaired) electrons. The van der Waals surface area contributed by atoms with E-state index in [4.69, 9.17) is 4.74 Å². The van der Waals surface area contributed by atoms with Gasteiger partial charge < -0.3 is 9.30 Å². The van der Waals surface area contributed by atoms with Crippen LogP contribution in [-0.2, 0) is 24.5 Å². The molecule has 1 atom stereocenters. The predicted molar refractivity (Wildman–Crippen MR) is 93.9 cm³/mol. The number of rotatable bonds is 3. The average Bonchev–Trinajstić information content (AvgIpc) is 3.02. The fourth-order valence-corrected chi connectivity index (χ4v) is 3.38. The molecular weight excluding hydrogens is 357 g/mol. The Kier molecular flexibility index (Phi) is 4.61. The maximum Gasteiger partial charge on any atom is 0.433 e. The van der Waals surface area contributed by atoms with Gasteiger partial charge in [-0.1, -0.05) is 6.07 Å². The molecule has 27 heavy (non-hydrogen) atoms. The average molecular weight is 376 g/mol. The molecule has 0 saturated carbocycles. The molecule has 0 N–H and O–H groups in total. The van der Waals surface area contributed by atoms with Crippen LogP contribution in [0.25, 0.3) is 11.0 Å². The minimum atomic E-state index is -4.43. The molecule has 0 aliphatic carbocycles. The summed E-state index contributed by atoms with van der Waals surface area (Å²) in [7, 11) is 1.94. The smallest absolute Gasteiger partial charge is 0.371 e. The molecule has 0 bridgehead atoms. The molecule has 4 rings (SSSR count). The van der Waals surface area contributed by atoms with Gasteiger partial charge in [-0.3, -0.25) is 9.88 Å². The van der Waals surface area contributed by atoms with Crippen molar-refractivity contribution in [3.05, 3.63) is 59.7 Å². The summed E-state index contributed by atoms with van der Waals surface area (Å²) in [5, 5.41) is 0. The Balaban J connectivity index is 1.50. The fraction of sp³-hybridized carbons (Fsp3) is 0.368. The third-order valence-electron chi connectivity index (χ3n) is 4.79. The van der Waals surface area contributed by atoms with E-state index in [2.05, 4.69) is 20.9 Å². The summed E-state index contributed by atoms with van der Waals surface area (Å²) in [5.74, 6) is 0. The molecule has 1 unspecified atom stereocenters. The Morgan fingerprint density at radius 2 is 2.04 bits per heavy atom. The van der Waals surface area contributed by atoms with Crippen LogP contribution in [0.15, 0.2) is 42.9 Å². The van der Waals surface area contributed by atoms with Crippen LogP contribution < -0.4 is 0 Å². The second-order valence-electron chi connectivity index (χ2n) is 6.75. The second-order valence-corrected chi connectivity index (χ2v) is 6.75. The van der Waals surface area contributed by atoms with Gasteiger partial charge in [-0.25, -0.2) is 4.98 Å². The van der Waals surface area contributed by atoms with Crippen molar-refractivity contribution in [2.45, 2.75) is 18.8 Å². The van der Waals surface area contributed by atoms with Crippen LogP contribution >= 0.6 is 0 Å². The molecule has 1 aliphatic heterocycles. The first-order valence-electron chi connectivity index (χ1n) is 8.67. The summed E-state index contributed by atoms with van der Waals surface area (Å²) in [6, 6.07) is 8.77. The number of fused-ring (bicyclic) bond motifs is 1. The lowest BCUT2D eigenvalue weighted by Crippen LogP contribution is -2.37. The summed E-state index contributed by atoms with van der Waals surface area (Å²) >= 11 is 0. The van der Waals surface area contributed by atoms with E-state index in [-0.39, 0.29) is 6.10 Å². The third-order valence-corrected chi connectivity index (χ3v) is 4.79. The topological polar surface area (TPSA) is 43.2 Å². The van der Waals surface area contributed by atoms with Crippen molar-refractivity contribution in [3.8, 4) is 0 Å². The number of imidazole rings is 1. The monoisotopic (exact) mass is 376 g/mol. The maximum atomic E-state index is 12.9. The SMILES string of the molecule is Cn1cnc2ccc(C3CN(Cc4ccnc(C(F)(F)F)c4)CCO3)cc21. The molecular formula is C19H19F3N4O. The number of aryl methyl sites for hydroxylation is 1. The van der Waals surface area contributed by atoms with Gasteiger partial charge in [0.2, 0.25) is 0 Å². The van der Waals surface area contributed by atoms with Gasteiger partial charge in [-0.05, 0) is 35.4 Å². The molecule has 5 nitrogen and oxygen atoms in total. The van der Waals surface area contributed by atoms with Gasteiger partial charge in [-0.15, -0.1) is 0 Å². The Morgan fingerprint density at radius 1 is 1.19 bits per heavy atom. The van der Waals surface area contributed by atoms with E-state index in [0.717, 1.165) is 22.7 Å². The first-order valence-corrected chi connectivity index (χ1v) is 8.67. The van der Waals surface area contributed by atoms with Crippen LogP contribution in [-0.4, -0.2) is 39.1 Å². The number of halogens is 3. The first-order chi connectivity index (χ1) is 12.9. The van der Waals surface area contributed by atoms with Gasteiger partial charge >= 0.3 is 6.18 Å². The van der Waals surface area contributed by atoms with Crippen molar-refractivity contribution in [1.29, 1.82) is 0 Å². The summed E-state index contributed by atoms with van der Waals surface area (Å²) in [6.45, 7) is 2.26. The molecule has 2 aromatic heterocycles. The van der Waals surface area contributed by atoms with Crippen molar-refractivity contribution in [2.24, 2.45) is 7.05 Å². The van der Waals surface area contributed by atoms with Gasteiger partial charge in [0, 0.05) is 32.9 Å². The maximum absolute atomic E-state index is 12.9. The van der Waals surface area contributed by atoms with E-state index in [1.807, 2.05) is 23.7 Å². The van der Waals surface area contributed by atoms with Crippen molar-refractivity contribution < 1.29 is 17.9 Å². The van der Waals surface area contributed by atoms with Gasteiger partial charge in [0.15, 0.2) is 0 Å². The van der Waals surface area contributed by atoms with Crippen molar-refractivity contribution in [3.63, 3.8) is 0 Å². The van der Waals surface area contributed by atoms with Crippen molar-refractivity contribution in [1.82, 2.24) is 19.4 Å². The highest BCUT2D eigenvalue weighted by Crippen LogP contribution is 2.29. The molecule has 0 spiro atoms. The molecule has 1 aromatic carbocycles. The Morgan fingerprint density at radius 3 is 2.85 bits per heavy atom. The Bertz CT molecular complexity index is 954. The van der Waals surface area contributed by atoms with Crippen LogP contribution in [0, 0.1) is 0 Å². The van der Waals surface area contributed by atoms with E-state index in [9.17, 15) is 13.2 Å². The number of morpholine rings is 1. The van der Waals surface area contributed by atoms with Crippen LogP contribution in [0.2, 0.25) is 0 Å². The lowest BCUT2D eigenvalue weighted by atomic mass is 10.1. The van der Waals surface area contributed by atoms with E-state index in [0.29, 0.717) is 31.8 Å². The molecule has 3 heterocycles. The van der Waals surface area contributed by atoms with Crippen LogP contribution in [0.1, 0.15) is 22.9 Å². The van der Waals surface area contributed by atoms with Gasteiger partial charge in [0.25, 0.3) is 0 Å². The normalized spacial score (nSPS) is 18.9. The highest BCUT2D eigenvalue weighted by atomic mass is 19.4. The standard InChI is InChI=1S/C19H19F3N4O/c1-25-12-24-15-3-2-14(9-16(15)25)17-11-26(6-7-27-17)10-13-4-5-23-18(8-13)19(20,21)22/h2-5,8-9,12,17H,6-7,10-11H2,1H3. The van der Waals surface area contributed by atoms with Gasteiger partial charge in [-0.2, -0.15) is 13.2 Å². The number of benzene rings is 1. The summed E-state index contributed by atoms with van der Waals surface area (Å²) < 4.78 is 46.4. The Hall–Kier alpha value is -2.45. The molecule has 1 aliphatic rings. The predicted octanol–water partition coefficient (Wildman–Crippen LogP) is 3.56. The lowest BCUT2D eigenvalue weighted by molar-refractivity contribution is -0.141. The largest absolute Gasteiger partial charge is 0.433 e. The van der Waals surface area contributed by atoms with E-state index >= 15 is 0 Å². The Labute approximate surface area is 154 Å². The van der Waals surface area contributed by atoms with Crippen LogP contribution in [0.5, 0.6) is 0 Å². The lowest BCUT2D eigenvalue weighted by Gasteiger charge is -2.33. The number of pyridine rings is 1. The molecule has 1 saturated heterocycles. The summed E-state index contributed by atoms with van der Waals surface area (Å²) in [6.07, 6.45) is -1.57. The van der Waals surface area contributed by atoms with Gasteiger partial charge in [0.05, 0.1) is 30.1 Å². The number of hydrogen-bond acceptors (Lipinski definition) is 4. The molecule has 0 amide bonds. The highest BCUT2D eigenvalue weighted by molar-refractivity contribution is 5.76. The number of aromatic nitrogens is 3. The first kappa shape index (κ1) is 17.9.